The summed E-state index contributed by atoms with van der Waals surface area (Å²) in [4.78, 5) is 30.9. The molecule has 1 atom stereocenters. The first kappa shape index (κ1) is 27.2. The quantitative estimate of drug-likeness (QED) is 0.197. The molecule has 0 saturated heterocycles. The highest BCUT2D eigenvalue weighted by molar-refractivity contribution is 9.10. The van der Waals surface area contributed by atoms with Gasteiger partial charge < -0.3 is 10.1 Å². The molecule has 1 aromatic heterocycles. The van der Waals surface area contributed by atoms with E-state index in [1.807, 2.05) is 56.3 Å². The Kier molecular flexibility index (Phi) is 8.02. The Morgan fingerprint density at radius 2 is 1.88 bits per heavy atom. The van der Waals surface area contributed by atoms with Gasteiger partial charge in [0, 0.05) is 16.0 Å². The lowest BCUT2D eigenvalue weighted by molar-refractivity contribution is -0.118. The fourth-order valence-corrected chi connectivity index (χ4v) is 4.68. The van der Waals surface area contributed by atoms with E-state index in [4.69, 9.17) is 9.72 Å². The summed E-state index contributed by atoms with van der Waals surface area (Å²) in [5, 5.41) is 9.34. The Morgan fingerprint density at radius 1 is 1.10 bits per heavy atom. The third kappa shape index (κ3) is 5.65. The number of nitrogens with zero attached hydrogens (tertiary/aromatic N) is 3. The first-order chi connectivity index (χ1) is 19.4. The zero-order valence-electron chi connectivity index (χ0n) is 21.9. The van der Waals surface area contributed by atoms with E-state index in [2.05, 4.69) is 26.3 Å². The first-order valence-electron chi connectivity index (χ1n) is 12.8. The molecule has 7 nitrogen and oxygen atoms in total. The summed E-state index contributed by atoms with van der Waals surface area (Å²) < 4.78 is 22.0. The molecule has 0 aliphatic heterocycles. The van der Waals surface area contributed by atoms with E-state index >= 15 is 0 Å². The van der Waals surface area contributed by atoms with Gasteiger partial charge in [-0.15, -0.1) is 0 Å². The summed E-state index contributed by atoms with van der Waals surface area (Å²) in [5.41, 5.74) is 0.978. The minimum absolute atomic E-state index is 0.0248. The number of fused-ring (bicyclic) bond motifs is 2. The number of hydrogen-bond acceptors (Lipinski definition) is 5. The molecule has 1 N–H and O–H groups in total. The number of halogens is 2. The fourth-order valence-electron chi connectivity index (χ4n) is 4.32. The molecule has 5 aromatic rings. The normalized spacial score (nSPS) is 12.2. The molecule has 0 saturated carbocycles. The lowest BCUT2D eigenvalue weighted by Crippen LogP contribution is -2.24. The Balaban J connectivity index is 1.54. The Morgan fingerprint density at radius 3 is 2.67 bits per heavy atom. The highest BCUT2D eigenvalue weighted by atomic mass is 79.9. The maximum Gasteiger partial charge on any atom is 0.282 e. The van der Waals surface area contributed by atoms with Gasteiger partial charge in [0.1, 0.15) is 17.4 Å². The molecule has 1 heterocycles. The summed E-state index contributed by atoms with van der Waals surface area (Å²) in [6.07, 6.45) is 2.33. The van der Waals surface area contributed by atoms with Crippen LogP contribution in [0.4, 0.5) is 10.1 Å². The van der Waals surface area contributed by atoms with Gasteiger partial charge in [-0.1, -0.05) is 72.2 Å². The van der Waals surface area contributed by atoms with Crippen molar-refractivity contribution in [3.05, 3.63) is 111 Å². The van der Waals surface area contributed by atoms with Crippen LogP contribution in [-0.4, -0.2) is 28.4 Å². The first-order valence-corrected chi connectivity index (χ1v) is 13.6. The molecule has 4 aromatic carbocycles. The zero-order chi connectivity index (χ0) is 28.2. The van der Waals surface area contributed by atoms with Crippen LogP contribution in [0.25, 0.3) is 21.7 Å². The third-order valence-electron chi connectivity index (χ3n) is 6.63. The number of para-hydroxylation sites is 1. The van der Waals surface area contributed by atoms with Crippen molar-refractivity contribution in [2.24, 2.45) is 5.10 Å². The van der Waals surface area contributed by atoms with Crippen molar-refractivity contribution >= 4 is 55.4 Å². The second kappa shape index (κ2) is 11.8. The summed E-state index contributed by atoms with van der Waals surface area (Å²) in [6, 6.07) is 22.6. The van der Waals surface area contributed by atoms with Crippen LogP contribution < -0.4 is 15.6 Å². The average Bonchev–Trinajstić information content (AvgIpc) is 2.96. The minimum Gasteiger partial charge on any atom is -0.483 e. The standard InChI is InChI=1S/C31H26BrFN4O3/c1-3-19(2)30-36-26-14-13-21(32)16-23(26)31(39)37(30)34-17-24-22-9-5-4-8-20(22)12-15-28(24)40-18-29(38)35-27-11-7-6-10-25(27)33/h4-17,19H,3,18H2,1-2H3,(H,35,38)/t19-/m1/s1. The van der Waals surface area contributed by atoms with Crippen LogP contribution in [0.5, 0.6) is 5.75 Å². The molecule has 9 heteroatoms. The maximum atomic E-state index is 14.0. The SMILES string of the molecule is CC[C@@H](C)c1nc2ccc(Br)cc2c(=O)n1N=Cc1c(OCC(=O)Nc2ccccc2F)ccc2ccccc12. The van der Waals surface area contributed by atoms with Crippen molar-refractivity contribution in [2.45, 2.75) is 26.2 Å². The van der Waals surface area contributed by atoms with Gasteiger partial charge >= 0.3 is 0 Å². The molecular weight excluding hydrogens is 575 g/mol. The number of ether oxygens (including phenoxy) is 1. The molecule has 0 radical (unpaired) electrons. The molecule has 0 aliphatic rings. The maximum absolute atomic E-state index is 14.0. The molecule has 5 rings (SSSR count). The van der Waals surface area contributed by atoms with Crippen molar-refractivity contribution in [3.63, 3.8) is 0 Å². The summed E-state index contributed by atoms with van der Waals surface area (Å²) in [5.74, 6) is -0.136. The van der Waals surface area contributed by atoms with Gasteiger partial charge in [0.15, 0.2) is 6.61 Å². The van der Waals surface area contributed by atoms with Crippen LogP contribution in [0.1, 0.15) is 37.6 Å². The van der Waals surface area contributed by atoms with Gasteiger partial charge in [-0.05, 0) is 53.6 Å². The van der Waals surface area contributed by atoms with Gasteiger partial charge in [0.05, 0.1) is 22.8 Å². The largest absolute Gasteiger partial charge is 0.483 e. The number of hydrogen-bond donors (Lipinski definition) is 1. The van der Waals surface area contributed by atoms with Gasteiger partial charge in [-0.25, -0.2) is 9.37 Å². The second-order valence-corrected chi connectivity index (χ2v) is 10.2. The monoisotopic (exact) mass is 600 g/mol. The van der Waals surface area contributed by atoms with Crippen LogP contribution >= 0.6 is 15.9 Å². The van der Waals surface area contributed by atoms with Crippen molar-refractivity contribution in [1.82, 2.24) is 9.66 Å². The van der Waals surface area contributed by atoms with E-state index < -0.39 is 11.7 Å². The number of carbonyl (C=O) groups excluding carboxylic acids is 1. The van der Waals surface area contributed by atoms with E-state index in [1.165, 1.54) is 16.8 Å². The number of amides is 1. The number of anilines is 1. The Labute approximate surface area is 238 Å². The molecule has 0 aliphatic carbocycles. The number of rotatable bonds is 8. The van der Waals surface area contributed by atoms with E-state index in [9.17, 15) is 14.0 Å². The summed E-state index contributed by atoms with van der Waals surface area (Å²) >= 11 is 3.43. The molecular formula is C31H26BrFN4O3. The van der Waals surface area contributed by atoms with Crippen molar-refractivity contribution in [2.75, 3.05) is 11.9 Å². The molecule has 0 unspecified atom stereocenters. The summed E-state index contributed by atoms with van der Waals surface area (Å²) in [6.45, 7) is 3.68. The fraction of sp³-hybridized carbons (Fsp3) is 0.161. The molecule has 0 fully saturated rings. The smallest absolute Gasteiger partial charge is 0.282 e. The Hall–Kier alpha value is -4.37. The van der Waals surface area contributed by atoms with Crippen LogP contribution in [0.3, 0.4) is 0 Å². The number of benzene rings is 4. The van der Waals surface area contributed by atoms with Crippen molar-refractivity contribution in [1.29, 1.82) is 0 Å². The average molecular weight is 601 g/mol. The molecule has 40 heavy (non-hydrogen) atoms. The number of aromatic nitrogens is 2. The lowest BCUT2D eigenvalue weighted by Gasteiger charge is -2.15. The molecule has 0 spiro atoms. The van der Waals surface area contributed by atoms with Gasteiger partial charge in [0.2, 0.25) is 0 Å². The lowest BCUT2D eigenvalue weighted by atomic mass is 10.0. The molecule has 1 amide bonds. The predicted molar refractivity (Wildman–Crippen MR) is 160 cm³/mol. The van der Waals surface area contributed by atoms with Crippen LogP contribution in [0, 0.1) is 5.82 Å². The van der Waals surface area contributed by atoms with E-state index in [1.54, 1.807) is 30.5 Å². The van der Waals surface area contributed by atoms with Crippen molar-refractivity contribution in [3.8, 4) is 5.75 Å². The molecule has 0 bridgehead atoms. The minimum atomic E-state index is -0.534. The van der Waals surface area contributed by atoms with Gasteiger partial charge in [-0.2, -0.15) is 9.78 Å². The second-order valence-electron chi connectivity index (χ2n) is 9.32. The van der Waals surface area contributed by atoms with Gasteiger partial charge in [0.25, 0.3) is 11.5 Å². The van der Waals surface area contributed by atoms with Crippen molar-refractivity contribution < 1.29 is 13.9 Å². The number of carbonyl (C=O) groups is 1. The highest BCUT2D eigenvalue weighted by Gasteiger charge is 2.17. The van der Waals surface area contributed by atoms with E-state index in [0.29, 0.717) is 28.0 Å². The number of nitrogens with one attached hydrogen (secondary N) is 1. The molecule has 202 valence electrons. The third-order valence-corrected chi connectivity index (χ3v) is 7.12. The van der Waals surface area contributed by atoms with Crippen LogP contribution in [0.2, 0.25) is 0 Å². The topological polar surface area (TPSA) is 85.6 Å². The van der Waals surface area contributed by atoms with Crippen LogP contribution in [0.15, 0.2) is 93.2 Å². The summed E-state index contributed by atoms with van der Waals surface area (Å²) in [7, 11) is 0. The Bertz CT molecular complexity index is 1820. The predicted octanol–water partition coefficient (Wildman–Crippen LogP) is 6.86. The van der Waals surface area contributed by atoms with Gasteiger partial charge in [-0.3, -0.25) is 9.59 Å². The highest BCUT2D eigenvalue weighted by Crippen LogP contribution is 2.27. The van der Waals surface area contributed by atoms with E-state index in [0.717, 1.165) is 21.7 Å². The van der Waals surface area contributed by atoms with Crippen LogP contribution in [-0.2, 0) is 4.79 Å². The zero-order valence-corrected chi connectivity index (χ0v) is 23.5. The van der Waals surface area contributed by atoms with E-state index in [-0.39, 0.29) is 23.8 Å².